The molecule has 0 spiro atoms. The predicted octanol–water partition coefficient (Wildman–Crippen LogP) is 2.63. The summed E-state index contributed by atoms with van der Waals surface area (Å²) in [6.45, 7) is 2.95. The molecule has 5 heteroatoms. The van der Waals surface area contributed by atoms with Crippen LogP contribution in [0.1, 0.15) is 13.3 Å². The number of pyridine rings is 1. The molecule has 0 amide bonds. The molecule has 90 valence electrons. The van der Waals surface area contributed by atoms with Gasteiger partial charge >= 0.3 is 0 Å². The highest BCUT2D eigenvalue weighted by atomic mass is 35.5. The zero-order valence-electron chi connectivity index (χ0n) is 9.80. The summed E-state index contributed by atoms with van der Waals surface area (Å²) in [5.74, 6) is -0.153. The summed E-state index contributed by atoms with van der Waals surface area (Å²) in [4.78, 5) is 6.00. The molecular formula is C11H17ClFN3. The van der Waals surface area contributed by atoms with E-state index in [9.17, 15) is 4.39 Å². The van der Waals surface area contributed by atoms with E-state index < -0.39 is 5.82 Å². The average molecular weight is 246 g/mol. The molecule has 1 N–H and O–H groups in total. The van der Waals surface area contributed by atoms with Crippen LogP contribution in [0.15, 0.2) is 12.3 Å². The highest BCUT2D eigenvalue weighted by Gasteiger charge is 2.08. The lowest BCUT2D eigenvalue weighted by Gasteiger charge is -2.17. The molecule has 0 aliphatic rings. The Morgan fingerprint density at radius 3 is 2.81 bits per heavy atom. The predicted molar refractivity (Wildman–Crippen MR) is 65.5 cm³/mol. The summed E-state index contributed by atoms with van der Waals surface area (Å²) >= 11 is 5.62. The minimum Gasteiger partial charge on any atom is -0.365 e. The fraction of sp³-hybridized carbons (Fsp3) is 0.545. The van der Waals surface area contributed by atoms with Crippen molar-refractivity contribution in [3.8, 4) is 0 Å². The molecule has 0 aliphatic carbocycles. The Labute approximate surface area is 101 Å². The third-order valence-corrected chi connectivity index (χ3v) is 2.41. The zero-order valence-corrected chi connectivity index (χ0v) is 10.6. The van der Waals surface area contributed by atoms with Crippen LogP contribution in [0.2, 0.25) is 5.02 Å². The molecular weight excluding hydrogens is 229 g/mol. The maximum atomic E-state index is 13.4. The van der Waals surface area contributed by atoms with Gasteiger partial charge in [-0.15, -0.1) is 0 Å². The number of halogens is 2. The number of rotatable bonds is 5. The van der Waals surface area contributed by atoms with E-state index in [0.717, 1.165) is 13.0 Å². The van der Waals surface area contributed by atoms with Crippen molar-refractivity contribution in [2.24, 2.45) is 0 Å². The molecule has 1 aromatic heterocycles. The first kappa shape index (κ1) is 13.2. The second-order valence-electron chi connectivity index (χ2n) is 4.12. The highest BCUT2D eigenvalue weighted by molar-refractivity contribution is 6.30. The molecule has 0 aliphatic heterocycles. The van der Waals surface area contributed by atoms with Gasteiger partial charge in [-0.1, -0.05) is 11.6 Å². The van der Waals surface area contributed by atoms with E-state index in [1.807, 2.05) is 21.0 Å². The van der Waals surface area contributed by atoms with Gasteiger partial charge < -0.3 is 10.2 Å². The van der Waals surface area contributed by atoms with Gasteiger partial charge in [-0.3, -0.25) is 0 Å². The van der Waals surface area contributed by atoms with Crippen molar-refractivity contribution in [2.45, 2.75) is 19.4 Å². The lowest BCUT2D eigenvalue weighted by Crippen LogP contribution is -2.23. The van der Waals surface area contributed by atoms with Crippen molar-refractivity contribution in [3.05, 3.63) is 23.1 Å². The van der Waals surface area contributed by atoms with E-state index in [-0.39, 0.29) is 11.9 Å². The fourth-order valence-electron chi connectivity index (χ4n) is 1.28. The number of nitrogens with zero attached hydrogens (tertiary/aromatic N) is 2. The molecule has 0 saturated heterocycles. The summed E-state index contributed by atoms with van der Waals surface area (Å²) in [6, 6.07) is 1.43. The Balaban J connectivity index is 2.52. The molecule has 3 nitrogen and oxygen atoms in total. The van der Waals surface area contributed by atoms with Gasteiger partial charge in [-0.05, 0) is 40.1 Å². The normalized spacial score (nSPS) is 12.9. The van der Waals surface area contributed by atoms with Gasteiger partial charge in [0.1, 0.15) is 0 Å². The molecule has 1 aromatic rings. The molecule has 1 unspecified atom stereocenters. The Kier molecular flexibility index (Phi) is 4.96. The topological polar surface area (TPSA) is 28.2 Å². The van der Waals surface area contributed by atoms with Gasteiger partial charge in [0.2, 0.25) is 0 Å². The van der Waals surface area contributed by atoms with Crippen LogP contribution in [0.3, 0.4) is 0 Å². The van der Waals surface area contributed by atoms with E-state index >= 15 is 0 Å². The summed E-state index contributed by atoms with van der Waals surface area (Å²) in [7, 11) is 4.02. The molecule has 0 aromatic carbocycles. The van der Waals surface area contributed by atoms with Crippen LogP contribution in [-0.2, 0) is 0 Å². The molecule has 1 rings (SSSR count). The quantitative estimate of drug-likeness (QED) is 0.865. The molecule has 1 atom stereocenters. The highest BCUT2D eigenvalue weighted by Crippen LogP contribution is 2.16. The van der Waals surface area contributed by atoms with Crippen molar-refractivity contribution in [3.63, 3.8) is 0 Å². The van der Waals surface area contributed by atoms with Crippen LogP contribution in [0, 0.1) is 5.82 Å². The Morgan fingerprint density at radius 2 is 2.25 bits per heavy atom. The van der Waals surface area contributed by atoms with Crippen LogP contribution in [0.25, 0.3) is 0 Å². The van der Waals surface area contributed by atoms with Crippen LogP contribution in [-0.4, -0.2) is 36.6 Å². The van der Waals surface area contributed by atoms with Gasteiger partial charge in [0.15, 0.2) is 11.6 Å². The maximum Gasteiger partial charge on any atom is 0.166 e. The van der Waals surface area contributed by atoms with Gasteiger partial charge in [0, 0.05) is 12.2 Å². The van der Waals surface area contributed by atoms with E-state index in [0.29, 0.717) is 5.02 Å². The average Bonchev–Trinajstić information content (AvgIpc) is 2.19. The molecule has 0 saturated carbocycles. The summed E-state index contributed by atoms with van der Waals surface area (Å²) < 4.78 is 13.4. The van der Waals surface area contributed by atoms with E-state index in [1.165, 1.54) is 12.3 Å². The summed E-state index contributed by atoms with van der Waals surface area (Å²) in [5.41, 5.74) is 0. The van der Waals surface area contributed by atoms with Crippen LogP contribution in [0.4, 0.5) is 10.2 Å². The molecule has 0 radical (unpaired) electrons. The Hall–Kier alpha value is -0.870. The van der Waals surface area contributed by atoms with E-state index in [4.69, 9.17) is 11.6 Å². The molecule has 16 heavy (non-hydrogen) atoms. The number of aromatic nitrogens is 1. The summed E-state index contributed by atoms with van der Waals surface area (Å²) in [6.07, 6.45) is 2.36. The lowest BCUT2D eigenvalue weighted by atomic mass is 10.2. The smallest absolute Gasteiger partial charge is 0.166 e. The minimum atomic E-state index is -0.413. The first-order valence-electron chi connectivity index (χ1n) is 5.21. The van der Waals surface area contributed by atoms with E-state index in [1.54, 1.807) is 0 Å². The van der Waals surface area contributed by atoms with Crippen LogP contribution >= 0.6 is 11.6 Å². The van der Waals surface area contributed by atoms with Gasteiger partial charge in [0.25, 0.3) is 0 Å². The standard InChI is InChI=1S/C11H17ClFN3/c1-8(4-5-16(2)3)15-11-10(13)6-9(12)7-14-11/h6-8H,4-5H2,1-3H3,(H,14,15). The van der Waals surface area contributed by atoms with Crippen molar-refractivity contribution in [1.82, 2.24) is 9.88 Å². The van der Waals surface area contributed by atoms with Gasteiger partial charge in [-0.25, -0.2) is 9.37 Å². The first-order chi connectivity index (χ1) is 7.49. The van der Waals surface area contributed by atoms with Crippen LogP contribution < -0.4 is 5.32 Å². The molecule has 1 heterocycles. The molecule has 0 bridgehead atoms. The van der Waals surface area contributed by atoms with Crippen molar-refractivity contribution in [2.75, 3.05) is 26.0 Å². The number of hydrogen-bond donors (Lipinski definition) is 1. The number of anilines is 1. The number of hydrogen-bond acceptors (Lipinski definition) is 3. The van der Waals surface area contributed by atoms with Gasteiger partial charge in [-0.2, -0.15) is 0 Å². The van der Waals surface area contributed by atoms with Crippen molar-refractivity contribution in [1.29, 1.82) is 0 Å². The second-order valence-corrected chi connectivity index (χ2v) is 4.56. The molecule has 0 fully saturated rings. The largest absolute Gasteiger partial charge is 0.365 e. The van der Waals surface area contributed by atoms with Crippen LogP contribution in [0.5, 0.6) is 0 Å². The van der Waals surface area contributed by atoms with Crippen molar-refractivity contribution >= 4 is 17.4 Å². The second kappa shape index (κ2) is 6.01. The monoisotopic (exact) mass is 245 g/mol. The first-order valence-corrected chi connectivity index (χ1v) is 5.59. The zero-order chi connectivity index (χ0) is 12.1. The SMILES string of the molecule is CC(CCN(C)C)Nc1ncc(Cl)cc1F. The van der Waals surface area contributed by atoms with Crippen molar-refractivity contribution < 1.29 is 4.39 Å². The third kappa shape index (κ3) is 4.33. The number of nitrogens with one attached hydrogen (secondary N) is 1. The fourth-order valence-corrected chi connectivity index (χ4v) is 1.42. The lowest BCUT2D eigenvalue weighted by molar-refractivity contribution is 0.390. The minimum absolute atomic E-state index is 0.172. The summed E-state index contributed by atoms with van der Waals surface area (Å²) in [5, 5.41) is 3.33. The Bertz CT molecular complexity index is 344. The maximum absolute atomic E-state index is 13.4. The Morgan fingerprint density at radius 1 is 1.56 bits per heavy atom. The third-order valence-electron chi connectivity index (χ3n) is 2.20. The van der Waals surface area contributed by atoms with E-state index in [2.05, 4.69) is 15.2 Å². The van der Waals surface area contributed by atoms with Gasteiger partial charge in [0.05, 0.1) is 5.02 Å².